The molecule has 0 unspecified atom stereocenters. The summed E-state index contributed by atoms with van der Waals surface area (Å²) in [6.07, 6.45) is -1.57. The van der Waals surface area contributed by atoms with Crippen LogP contribution in [-0.4, -0.2) is 18.2 Å². The number of ether oxygens (including phenoxy) is 3. The lowest BCUT2D eigenvalue weighted by Gasteiger charge is -2.35. The molecule has 2 atom stereocenters. The third kappa shape index (κ3) is 4.38. The molecule has 1 aliphatic heterocycles. The van der Waals surface area contributed by atoms with Gasteiger partial charge in [0.05, 0.1) is 13.2 Å². The molecule has 4 heteroatoms. The first-order valence-corrected chi connectivity index (χ1v) is 11.4. The van der Waals surface area contributed by atoms with Crippen molar-refractivity contribution in [2.45, 2.75) is 31.0 Å². The number of hydrogen-bond acceptors (Lipinski definition) is 4. The highest BCUT2D eigenvalue weighted by molar-refractivity contribution is 5.80. The first-order valence-electron chi connectivity index (χ1n) is 11.4. The molecule has 1 aliphatic rings. The summed E-state index contributed by atoms with van der Waals surface area (Å²) in [6.45, 7) is 0.611. The molecule has 0 radical (unpaired) electrons. The van der Waals surface area contributed by atoms with Gasteiger partial charge in [-0.1, -0.05) is 121 Å². The van der Waals surface area contributed by atoms with Gasteiger partial charge in [-0.2, -0.15) is 0 Å². The molecule has 1 heterocycles. The lowest BCUT2D eigenvalue weighted by molar-refractivity contribution is -0.153. The minimum absolute atomic E-state index is 0.283. The average molecular weight is 451 g/mol. The number of cyclic esters (lactones) is 1. The van der Waals surface area contributed by atoms with Gasteiger partial charge in [0.2, 0.25) is 0 Å². The van der Waals surface area contributed by atoms with Gasteiger partial charge >= 0.3 is 5.97 Å². The van der Waals surface area contributed by atoms with Crippen LogP contribution in [0.3, 0.4) is 0 Å². The lowest BCUT2D eigenvalue weighted by atomic mass is 9.81. The Balaban J connectivity index is 1.55. The van der Waals surface area contributed by atoms with Gasteiger partial charge in [0.15, 0.2) is 11.7 Å². The molecule has 0 aromatic heterocycles. The first kappa shape index (κ1) is 22.1. The van der Waals surface area contributed by atoms with Crippen molar-refractivity contribution in [3.8, 4) is 0 Å². The fourth-order valence-corrected chi connectivity index (χ4v) is 4.48. The third-order valence-electron chi connectivity index (χ3n) is 6.12. The topological polar surface area (TPSA) is 44.8 Å². The first-order chi connectivity index (χ1) is 16.8. The summed E-state index contributed by atoms with van der Waals surface area (Å²) in [6, 6.07) is 39.3. The van der Waals surface area contributed by atoms with Gasteiger partial charge in [0.1, 0.15) is 6.10 Å². The average Bonchev–Trinajstić information content (AvgIpc) is 3.20. The Morgan fingerprint density at radius 2 is 1.00 bits per heavy atom. The number of benzene rings is 4. The summed E-state index contributed by atoms with van der Waals surface area (Å²) in [5.41, 5.74) is 2.56. The van der Waals surface area contributed by atoms with Gasteiger partial charge < -0.3 is 14.2 Å². The van der Waals surface area contributed by atoms with Gasteiger partial charge in [-0.3, -0.25) is 0 Å². The molecule has 5 rings (SSSR count). The highest BCUT2D eigenvalue weighted by Gasteiger charge is 2.59. The summed E-state index contributed by atoms with van der Waals surface area (Å²) >= 11 is 0. The van der Waals surface area contributed by atoms with E-state index in [2.05, 4.69) is 0 Å². The lowest BCUT2D eigenvalue weighted by Crippen LogP contribution is -2.44. The van der Waals surface area contributed by atoms with E-state index in [1.807, 2.05) is 121 Å². The Kier molecular flexibility index (Phi) is 6.52. The van der Waals surface area contributed by atoms with Crippen molar-refractivity contribution in [1.29, 1.82) is 0 Å². The van der Waals surface area contributed by atoms with E-state index in [1.54, 1.807) is 0 Å². The van der Waals surface area contributed by atoms with E-state index in [1.165, 1.54) is 0 Å². The second kappa shape index (κ2) is 10.0. The number of hydrogen-bond donors (Lipinski definition) is 0. The van der Waals surface area contributed by atoms with Crippen molar-refractivity contribution >= 4 is 5.97 Å². The summed E-state index contributed by atoms with van der Waals surface area (Å²) in [5.74, 6) is -0.429. The predicted molar refractivity (Wildman–Crippen MR) is 130 cm³/mol. The van der Waals surface area contributed by atoms with Gasteiger partial charge in [-0.15, -0.1) is 0 Å². The van der Waals surface area contributed by atoms with Crippen LogP contribution in [0.5, 0.6) is 0 Å². The maximum Gasteiger partial charge on any atom is 0.339 e. The zero-order valence-corrected chi connectivity index (χ0v) is 18.7. The molecule has 4 nitrogen and oxygen atoms in total. The van der Waals surface area contributed by atoms with E-state index in [9.17, 15) is 4.79 Å². The molecule has 0 aliphatic carbocycles. The van der Waals surface area contributed by atoms with Gasteiger partial charge in [0.25, 0.3) is 0 Å². The van der Waals surface area contributed by atoms with E-state index in [0.717, 1.165) is 22.3 Å². The Hall–Kier alpha value is -3.73. The third-order valence-corrected chi connectivity index (χ3v) is 6.12. The van der Waals surface area contributed by atoms with Crippen molar-refractivity contribution in [2.75, 3.05) is 0 Å². The molecule has 34 heavy (non-hydrogen) atoms. The largest absolute Gasteiger partial charge is 0.444 e. The van der Waals surface area contributed by atoms with Crippen LogP contribution in [0.4, 0.5) is 0 Å². The number of carbonyl (C=O) groups excluding carboxylic acids is 1. The summed E-state index contributed by atoms with van der Waals surface area (Å²) in [7, 11) is 0. The minimum atomic E-state index is -1.13. The fourth-order valence-electron chi connectivity index (χ4n) is 4.48. The Morgan fingerprint density at radius 1 is 0.588 bits per heavy atom. The molecule has 4 aromatic carbocycles. The van der Waals surface area contributed by atoms with E-state index in [4.69, 9.17) is 14.2 Å². The maximum absolute atomic E-state index is 13.4. The van der Waals surface area contributed by atoms with E-state index < -0.39 is 23.8 Å². The Labute approximate surface area is 199 Å². The summed E-state index contributed by atoms with van der Waals surface area (Å²) in [4.78, 5) is 13.4. The van der Waals surface area contributed by atoms with Crippen LogP contribution < -0.4 is 0 Å². The molecule has 1 fully saturated rings. The monoisotopic (exact) mass is 450 g/mol. The highest BCUT2D eigenvalue weighted by Crippen LogP contribution is 2.46. The Bertz CT molecular complexity index is 1150. The van der Waals surface area contributed by atoms with E-state index in [-0.39, 0.29) is 6.61 Å². The SMILES string of the molecule is O=C1OC(c2ccccc2)(c2ccccc2)[C@H](OCc2ccccc2)[C@H]1OCc1ccccc1. The smallest absolute Gasteiger partial charge is 0.339 e. The maximum atomic E-state index is 13.4. The Morgan fingerprint density at radius 3 is 1.47 bits per heavy atom. The highest BCUT2D eigenvalue weighted by atomic mass is 16.6. The van der Waals surface area contributed by atoms with Crippen LogP contribution >= 0.6 is 0 Å². The standard InChI is InChI=1S/C30H26O4/c31-29-27(32-21-23-13-5-1-6-14-23)28(33-22-24-15-7-2-8-16-24)30(34-29,25-17-9-3-10-18-25)26-19-11-4-12-20-26/h1-20,27-28H,21-22H2/t27-,28-/m1/s1. The van der Waals surface area contributed by atoms with Crippen LogP contribution in [0.1, 0.15) is 22.3 Å². The van der Waals surface area contributed by atoms with Crippen molar-refractivity contribution in [3.05, 3.63) is 144 Å². The molecular formula is C30H26O4. The summed E-state index contributed by atoms with van der Waals surface area (Å²) < 4.78 is 18.9. The zero-order valence-electron chi connectivity index (χ0n) is 18.7. The van der Waals surface area contributed by atoms with Crippen molar-refractivity contribution in [3.63, 3.8) is 0 Å². The number of esters is 1. The van der Waals surface area contributed by atoms with E-state index >= 15 is 0 Å². The molecule has 170 valence electrons. The van der Waals surface area contributed by atoms with Crippen LogP contribution in [0, 0.1) is 0 Å². The second-order valence-corrected chi connectivity index (χ2v) is 8.32. The molecule has 0 amide bonds. The van der Waals surface area contributed by atoms with Crippen molar-refractivity contribution in [2.24, 2.45) is 0 Å². The van der Waals surface area contributed by atoms with Crippen molar-refractivity contribution < 1.29 is 19.0 Å². The molecular weight excluding hydrogens is 424 g/mol. The van der Waals surface area contributed by atoms with Gasteiger partial charge in [-0.25, -0.2) is 4.79 Å². The molecule has 0 spiro atoms. The van der Waals surface area contributed by atoms with Crippen LogP contribution in [0.2, 0.25) is 0 Å². The zero-order chi connectivity index (χ0) is 23.2. The quantitative estimate of drug-likeness (QED) is 0.325. The molecule has 4 aromatic rings. The van der Waals surface area contributed by atoms with Crippen LogP contribution in [0.25, 0.3) is 0 Å². The molecule has 1 saturated heterocycles. The molecule has 0 saturated carbocycles. The van der Waals surface area contributed by atoms with E-state index in [0.29, 0.717) is 6.61 Å². The second-order valence-electron chi connectivity index (χ2n) is 8.32. The van der Waals surface area contributed by atoms with Crippen LogP contribution in [-0.2, 0) is 37.8 Å². The number of carbonyl (C=O) groups is 1. The fraction of sp³-hybridized carbons (Fsp3) is 0.167. The van der Waals surface area contributed by atoms with Crippen LogP contribution in [0.15, 0.2) is 121 Å². The number of rotatable bonds is 8. The van der Waals surface area contributed by atoms with Gasteiger partial charge in [-0.05, 0) is 11.1 Å². The van der Waals surface area contributed by atoms with Crippen molar-refractivity contribution in [1.82, 2.24) is 0 Å². The minimum Gasteiger partial charge on any atom is -0.444 e. The normalized spacial score (nSPS) is 19.0. The molecule has 0 bridgehead atoms. The molecule has 0 N–H and O–H groups in total. The van der Waals surface area contributed by atoms with Gasteiger partial charge in [0, 0.05) is 11.1 Å². The summed E-state index contributed by atoms with van der Waals surface area (Å²) in [5, 5.41) is 0. The predicted octanol–water partition coefficient (Wildman–Crippen LogP) is 5.66.